The monoisotopic (exact) mass is 378 g/mol. The van der Waals surface area contributed by atoms with Gasteiger partial charge in [-0.15, -0.1) is 0 Å². The van der Waals surface area contributed by atoms with Crippen LogP contribution in [-0.2, 0) is 9.84 Å². The molecule has 1 aliphatic heterocycles. The number of fused-ring (bicyclic) bond motifs is 1. The Morgan fingerprint density at radius 2 is 2.16 bits per heavy atom. The third kappa shape index (κ3) is 2.98. The van der Waals surface area contributed by atoms with E-state index in [9.17, 15) is 18.3 Å². The summed E-state index contributed by atoms with van der Waals surface area (Å²) in [6.45, 7) is 1.64. The highest BCUT2D eigenvalue weighted by Gasteiger charge is 2.46. The van der Waals surface area contributed by atoms with Gasteiger partial charge in [0.05, 0.1) is 22.1 Å². The van der Waals surface area contributed by atoms with Gasteiger partial charge >= 0.3 is 0 Å². The average molecular weight is 378 g/mol. The lowest BCUT2D eigenvalue weighted by Crippen LogP contribution is -2.39. The highest BCUT2D eigenvalue weighted by molar-refractivity contribution is 7.90. The first-order chi connectivity index (χ1) is 11.8. The summed E-state index contributed by atoms with van der Waals surface area (Å²) in [6, 6.07) is 6.08. The molecule has 2 heterocycles. The number of rotatable bonds is 4. The molecule has 1 aliphatic carbocycles. The number of aliphatic hydroxyl groups excluding tert-OH is 1. The summed E-state index contributed by atoms with van der Waals surface area (Å²) in [4.78, 5) is 19.8. The van der Waals surface area contributed by atoms with Crippen molar-refractivity contribution in [2.75, 3.05) is 24.2 Å². The lowest BCUT2D eigenvalue weighted by Gasteiger charge is -2.34. The van der Waals surface area contributed by atoms with Crippen molar-refractivity contribution in [3.63, 3.8) is 0 Å². The van der Waals surface area contributed by atoms with Crippen LogP contribution in [0.2, 0.25) is 0 Å². The van der Waals surface area contributed by atoms with Crippen molar-refractivity contribution < 1.29 is 18.3 Å². The maximum Gasteiger partial charge on any atom is 0.204 e. The second kappa shape index (κ2) is 5.89. The van der Waals surface area contributed by atoms with E-state index in [-0.39, 0.29) is 16.8 Å². The lowest BCUT2D eigenvalue weighted by molar-refractivity contribution is -0.00399. The van der Waals surface area contributed by atoms with E-state index in [1.54, 1.807) is 18.3 Å². The van der Waals surface area contributed by atoms with Crippen molar-refractivity contribution in [3.05, 3.63) is 40.9 Å². The molecule has 0 spiro atoms. The summed E-state index contributed by atoms with van der Waals surface area (Å²) < 4.78 is 23.3. The van der Waals surface area contributed by atoms with Crippen LogP contribution in [-0.4, -0.2) is 49.7 Å². The zero-order chi connectivity index (χ0) is 17.8. The van der Waals surface area contributed by atoms with Gasteiger partial charge in [-0.2, -0.15) is 0 Å². The Bertz CT molecular complexity index is 938. The zero-order valence-electron chi connectivity index (χ0n) is 13.6. The quantitative estimate of drug-likeness (QED) is 0.813. The number of hydrogen-bond acceptors (Lipinski definition) is 7. The fourth-order valence-electron chi connectivity index (χ4n) is 3.55. The molecule has 4 rings (SSSR count). The molecule has 1 aromatic heterocycles. The van der Waals surface area contributed by atoms with Gasteiger partial charge < -0.3 is 10.0 Å². The van der Waals surface area contributed by atoms with Gasteiger partial charge in [-0.05, 0) is 24.5 Å². The predicted octanol–water partition coefficient (Wildman–Crippen LogP) is 1.59. The maximum atomic E-state index is 12.7. The molecule has 0 bridgehead atoms. The Balaban J connectivity index is 1.55. The van der Waals surface area contributed by atoms with Crippen LogP contribution in [0, 0.1) is 11.8 Å². The predicted molar refractivity (Wildman–Crippen MR) is 94.9 cm³/mol. The Hall–Kier alpha value is -1.77. The molecule has 1 N–H and O–H groups in total. The molecule has 6 nitrogen and oxygen atoms in total. The summed E-state index contributed by atoms with van der Waals surface area (Å²) >= 11 is 1.31. The third-order valence-corrected chi connectivity index (χ3v) is 7.21. The largest absolute Gasteiger partial charge is 0.393 e. The van der Waals surface area contributed by atoms with E-state index in [2.05, 4.69) is 9.88 Å². The van der Waals surface area contributed by atoms with E-state index >= 15 is 0 Å². The van der Waals surface area contributed by atoms with E-state index < -0.39 is 9.84 Å². The van der Waals surface area contributed by atoms with Crippen LogP contribution < -0.4 is 4.90 Å². The van der Waals surface area contributed by atoms with Crippen LogP contribution in [0.15, 0.2) is 35.4 Å². The number of sulfone groups is 1. The molecule has 1 saturated heterocycles. The van der Waals surface area contributed by atoms with Gasteiger partial charge in [0, 0.05) is 30.8 Å². The zero-order valence-corrected chi connectivity index (χ0v) is 15.3. The Kier molecular flexibility index (Phi) is 3.93. The molecule has 25 heavy (non-hydrogen) atoms. The Morgan fingerprint density at radius 1 is 1.36 bits per heavy atom. The fourth-order valence-corrected chi connectivity index (χ4v) is 5.12. The highest BCUT2D eigenvalue weighted by atomic mass is 32.2. The number of aliphatic hydroxyl groups is 1. The first-order valence-electron chi connectivity index (χ1n) is 8.06. The topological polar surface area (TPSA) is 87.6 Å². The van der Waals surface area contributed by atoms with Crippen molar-refractivity contribution in [1.29, 1.82) is 0 Å². The number of benzene rings is 1. The van der Waals surface area contributed by atoms with Gasteiger partial charge in [0.25, 0.3) is 0 Å². The van der Waals surface area contributed by atoms with Crippen molar-refractivity contribution in [1.82, 2.24) is 4.98 Å². The molecule has 132 valence electrons. The molecule has 1 saturated carbocycles. The molecule has 0 radical (unpaired) electrons. The second-order valence-corrected chi connectivity index (χ2v) is 9.79. The third-order valence-electron chi connectivity index (χ3n) is 5.04. The van der Waals surface area contributed by atoms with E-state index in [1.807, 2.05) is 0 Å². The number of carbonyl (C=O) groups is 1. The van der Waals surface area contributed by atoms with Gasteiger partial charge in [-0.25, -0.2) is 13.4 Å². The first-order valence-corrected chi connectivity index (χ1v) is 10.8. The number of nitrogens with zero attached hydrogens (tertiary/aromatic N) is 2. The molecular formula is C17H18N2O4S2. The van der Waals surface area contributed by atoms with Crippen molar-refractivity contribution in [2.45, 2.75) is 17.4 Å². The van der Waals surface area contributed by atoms with Crippen molar-refractivity contribution in [3.8, 4) is 0 Å². The van der Waals surface area contributed by atoms with E-state index in [4.69, 9.17) is 0 Å². The minimum atomic E-state index is -3.36. The van der Waals surface area contributed by atoms with Gasteiger partial charge in [-0.1, -0.05) is 23.5 Å². The number of aromatic nitrogens is 1. The minimum absolute atomic E-state index is 0.133. The van der Waals surface area contributed by atoms with Crippen LogP contribution in [0.25, 0.3) is 0 Å². The van der Waals surface area contributed by atoms with Crippen LogP contribution in [0.3, 0.4) is 0 Å². The summed E-state index contributed by atoms with van der Waals surface area (Å²) in [5.41, 5.74) is 0.343. The molecular weight excluding hydrogens is 360 g/mol. The molecule has 2 aromatic rings. The number of anilines is 1. The van der Waals surface area contributed by atoms with Crippen molar-refractivity contribution >= 4 is 32.1 Å². The average Bonchev–Trinajstić information content (AvgIpc) is 3.17. The maximum absolute atomic E-state index is 12.7. The minimum Gasteiger partial charge on any atom is -0.393 e. The number of ketones is 1. The smallest absolute Gasteiger partial charge is 0.204 e. The number of carbonyl (C=O) groups excluding carboxylic acids is 1. The molecule has 2 fully saturated rings. The van der Waals surface area contributed by atoms with E-state index in [0.29, 0.717) is 22.3 Å². The van der Waals surface area contributed by atoms with Gasteiger partial charge in [-0.3, -0.25) is 4.79 Å². The second-order valence-electron chi connectivity index (χ2n) is 6.77. The van der Waals surface area contributed by atoms with Crippen LogP contribution in [0.1, 0.15) is 21.7 Å². The van der Waals surface area contributed by atoms with Gasteiger partial charge in [0.2, 0.25) is 5.78 Å². The summed E-state index contributed by atoms with van der Waals surface area (Å²) in [5.74, 6) is 0.607. The molecule has 2 aliphatic rings. The Morgan fingerprint density at radius 3 is 2.84 bits per heavy atom. The van der Waals surface area contributed by atoms with Crippen LogP contribution in [0.5, 0.6) is 0 Å². The van der Waals surface area contributed by atoms with Gasteiger partial charge in [0.1, 0.15) is 0 Å². The molecule has 0 amide bonds. The SMILES string of the molecule is CS(=O)(=O)c1cccc(C(=O)c2cnc(N3CC4CC(O)C4C3)s2)c1. The summed E-state index contributed by atoms with van der Waals surface area (Å²) in [7, 11) is -3.36. The molecule has 8 heteroatoms. The highest BCUT2D eigenvalue weighted by Crippen LogP contribution is 2.43. The fraction of sp³-hybridized carbons (Fsp3) is 0.412. The standard InChI is InChI=1S/C17H18N2O4S2/c1-25(22,23)12-4-2-3-10(5-12)16(21)15-7-18-17(24-15)19-8-11-6-14(20)13(11)9-19/h2-5,7,11,13-14,20H,6,8-9H2,1H3. The molecule has 3 atom stereocenters. The molecule has 1 aromatic carbocycles. The number of thiazole rings is 1. The van der Waals surface area contributed by atoms with E-state index in [0.717, 1.165) is 30.9 Å². The molecule has 3 unspecified atom stereocenters. The summed E-state index contributed by atoms with van der Waals surface area (Å²) in [6.07, 6.45) is 3.30. The van der Waals surface area contributed by atoms with Gasteiger partial charge in [0.15, 0.2) is 15.0 Å². The normalized spacial score (nSPS) is 25.5. The van der Waals surface area contributed by atoms with Crippen LogP contribution in [0.4, 0.5) is 5.13 Å². The lowest BCUT2D eigenvalue weighted by atomic mass is 9.74. The number of hydrogen-bond donors (Lipinski definition) is 1. The summed E-state index contributed by atoms with van der Waals surface area (Å²) in [5, 5.41) is 10.6. The van der Waals surface area contributed by atoms with Crippen LogP contribution >= 0.6 is 11.3 Å². The van der Waals surface area contributed by atoms with Crippen molar-refractivity contribution in [2.24, 2.45) is 11.8 Å². The first kappa shape index (κ1) is 16.7. The Labute approximate surface area is 150 Å². The van der Waals surface area contributed by atoms with E-state index in [1.165, 1.54) is 23.5 Å².